The summed E-state index contributed by atoms with van der Waals surface area (Å²) in [6.07, 6.45) is 0.692. The normalized spacial score (nSPS) is 10.0. The molecule has 3 nitrogen and oxygen atoms in total. The van der Waals surface area contributed by atoms with E-state index >= 15 is 0 Å². The molecule has 0 fully saturated rings. The molecule has 0 aliphatic carbocycles. The van der Waals surface area contributed by atoms with Crippen LogP contribution in [0.5, 0.6) is 0 Å². The summed E-state index contributed by atoms with van der Waals surface area (Å²) in [5.41, 5.74) is 0.892. The summed E-state index contributed by atoms with van der Waals surface area (Å²) in [4.78, 5) is 8.44. The minimum Gasteiger partial charge on any atom is -0.304 e. The van der Waals surface area contributed by atoms with Crippen molar-refractivity contribution in [2.24, 2.45) is 5.90 Å². The van der Waals surface area contributed by atoms with E-state index in [1.54, 1.807) is 6.07 Å². The molecule has 0 atom stereocenters. The molecule has 0 bridgehead atoms. The highest BCUT2D eigenvalue weighted by Gasteiger charge is 1.94. The monoisotopic (exact) mass is 172 g/mol. The fraction of sp³-hybridized carbons (Fsp3) is 0.286. The van der Waals surface area contributed by atoms with Crippen LogP contribution in [0.15, 0.2) is 18.2 Å². The second-order valence-corrected chi connectivity index (χ2v) is 2.46. The number of pyridine rings is 1. The average Bonchev–Trinajstić information content (AvgIpc) is 2.01. The van der Waals surface area contributed by atoms with Crippen LogP contribution in [0.4, 0.5) is 0 Å². The molecule has 1 aromatic heterocycles. The molecule has 4 heteroatoms. The van der Waals surface area contributed by atoms with Crippen LogP contribution in [0, 0.1) is 0 Å². The molecule has 0 amide bonds. The van der Waals surface area contributed by atoms with E-state index in [4.69, 9.17) is 17.5 Å². The molecule has 0 aromatic carbocycles. The van der Waals surface area contributed by atoms with Crippen LogP contribution in [-0.2, 0) is 11.3 Å². The number of hydrogen-bond acceptors (Lipinski definition) is 3. The van der Waals surface area contributed by atoms with E-state index in [2.05, 4.69) is 9.82 Å². The first kappa shape index (κ1) is 8.46. The molecule has 2 N–H and O–H groups in total. The predicted molar refractivity (Wildman–Crippen MR) is 43.1 cm³/mol. The Kier molecular flexibility index (Phi) is 3.29. The third-order valence-corrected chi connectivity index (χ3v) is 1.46. The van der Waals surface area contributed by atoms with Crippen molar-refractivity contribution in [1.82, 2.24) is 4.98 Å². The summed E-state index contributed by atoms with van der Waals surface area (Å²) in [6.45, 7) is 0.466. The highest BCUT2D eigenvalue weighted by Crippen LogP contribution is 2.04. The first-order chi connectivity index (χ1) is 5.33. The first-order valence-electron chi connectivity index (χ1n) is 3.26. The number of rotatable bonds is 3. The van der Waals surface area contributed by atoms with Gasteiger partial charge in [0.1, 0.15) is 5.15 Å². The van der Waals surface area contributed by atoms with E-state index in [1.807, 2.05) is 12.1 Å². The predicted octanol–water partition coefficient (Wildman–Crippen LogP) is 1.17. The Bertz CT molecular complexity index is 229. The topological polar surface area (TPSA) is 48.1 Å². The molecular formula is C7H9ClN2O. The standard InChI is InChI=1S/C7H9ClN2O/c8-7-3-1-2-6(10-7)4-5-11-9/h1-3H,4-5,9H2. The largest absolute Gasteiger partial charge is 0.304 e. The summed E-state index contributed by atoms with van der Waals surface area (Å²) in [5, 5.41) is 0.500. The third kappa shape index (κ3) is 2.84. The summed E-state index contributed by atoms with van der Waals surface area (Å²) in [6, 6.07) is 5.46. The van der Waals surface area contributed by atoms with E-state index in [0.717, 1.165) is 5.69 Å². The molecular weight excluding hydrogens is 164 g/mol. The molecule has 0 aliphatic heterocycles. The molecule has 1 rings (SSSR count). The van der Waals surface area contributed by atoms with Gasteiger partial charge in [0.25, 0.3) is 0 Å². The maximum absolute atomic E-state index is 5.64. The van der Waals surface area contributed by atoms with E-state index in [0.29, 0.717) is 18.2 Å². The zero-order chi connectivity index (χ0) is 8.10. The lowest BCUT2D eigenvalue weighted by Crippen LogP contribution is -2.04. The zero-order valence-electron chi connectivity index (χ0n) is 5.96. The minimum atomic E-state index is 0.466. The smallest absolute Gasteiger partial charge is 0.129 e. The molecule has 0 radical (unpaired) electrons. The van der Waals surface area contributed by atoms with Crippen LogP contribution in [-0.4, -0.2) is 11.6 Å². The Balaban J connectivity index is 2.56. The van der Waals surface area contributed by atoms with Gasteiger partial charge < -0.3 is 4.84 Å². The molecule has 1 heterocycles. The van der Waals surface area contributed by atoms with Crippen LogP contribution >= 0.6 is 11.6 Å². The Labute approximate surface area is 70.1 Å². The van der Waals surface area contributed by atoms with Crippen molar-refractivity contribution < 1.29 is 4.84 Å². The molecule has 60 valence electrons. The van der Waals surface area contributed by atoms with Crippen LogP contribution in [0.2, 0.25) is 5.15 Å². The van der Waals surface area contributed by atoms with Gasteiger partial charge in [-0.15, -0.1) is 0 Å². The maximum Gasteiger partial charge on any atom is 0.129 e. The van der Waals surface area contributed by atoms with Gasteiger partial charge in [-0.1, -0.05) is 17.7 Å². The number of halogens is 1. The van der Waals surface area contributed by atoms with Gasteiger partial charge in [-0.05, 0) is 12.1 Å². The van der Waals surface area contributed by atoms with E-state index < -0.39 is 0 Å². The molecule has 11 heavy (non-hydrogen) atoms. The van der Waals surface area contributed by atoms with Gasteiger partial charge in [0.15, 0.2) is 0 Å². The van der Waals surface area contributed by atoms with Gasteiger partial charge >= 0.3 is 0 Å². The van der Waals surface area contributed by atoms with Gasteiger partial charge in [-0.3, -0.25) is 0 Å². The van der Waals surface area contributed by atoms with Crippen molar-refractivity contribution in [1.29, 1.82) is 0 Å². The van der Waals surface area contributed by atoms with Crippen LogP contribution in [0.1, 0.15) is 5.69 Å². The first-order valence-corrected chi connectivity index (χ1v) is 3.64. The quantitative estimate of drug-likeness (QED) is 0.550. The molecule has 0 aliphatic rings. The molecule has 0 unspecified atom stereocenters. The Morgan fingerprint density at radius 2 is 2.36 bits per heavy atom. The van der Waals surface area contributed by atoms with E-state index in [9.17, 15) is 0 Å². The SMILES string of the molecule is NOCCc1cccc(Cl)n1. The van der Waals surface area contributed by atoms with Gasteiger partial charge in [0.05, 0.1) is 6.61 Å². The van der Waals surface area contributed by atoms with Crippen LogP contribution in [0.25, 0.3) is 0 Å². The van der Waals surface area contributed by atoms with Gasteiger partial charge in [0.2, 0.25) is 0 Å². The lowest BCUT2D eigenvalue weighted by Gasteiger charge is -1.98. The fourth-order valence-electron chi connectivity index (χ4n) is 0.753. The minimum absolute atomic E-state index is 0.466. The van der Waals surface area contributed by atoms with Crippen molar-refractivity contribution in [3.8, 4) is 0 Å². The summed E-state index contributed by atoms with van der Waals surface area (Å²) in [7, 11) is 0. The molecule has 0 saturated carbocycles. The molecule has 0 spiro atoms. The lowest BCUT2D eigenvalue weighted by atomic mass is 10.3. The summed E-state index contributed by atoms with van der Waals surface area (Å²) < 4.78 is 0. The Morgan fingerprint density at radius 1 is 1.55 bits per heavy atom. The zero-order valence-corrected chi connectivity index (χ0v) is 6.71. The summed E-state index contributed by atoms with van der Waals surface area (Å²) in [5.74, 6) is 4.85. The highest BCUT2D eigenvalue weighted by atomic mass is 35.5. The van der Waals surface area contributed by atoms with E-state index in [-0.39, 0.29) is 0 Å². The van der Waals surface area contributed by atoms with Gasteiger partial charge in [0, 0.05) is 12.1 Å². The average molecular weight is 173 g/mol. The van der Waals surface area contributed by atoms with Gasteiger partial charge in [-0.25, -0.2) is 10.9 Å². The second-order valence-electron chi connectivity index (χ2n) is 2.07. The second kappa shape index (κ2) is 4.28. The third-order valence-electron chi connectivity index (χ3n) is 1.25. The molecule has 0 saturated heterocycles. The molecule has 1 aromatic rings. The van der Waals surface area contributed by atoms with E-state index in [1.165, 1.54) is 0 Å². The maximum atomic E-state index is 5.64. The van der Waals surface area contributed by atoms with Crippen molar-refractivity contribution in [3.63, 3.8) is 0 Å². The Morgan fingerprint density at radius 3 is 3.00 bits per heavy atom. The number of nitrogens with two attached hydrogens (primary N) is 1. The highest BCUT2D eigenvalue weighted by molar-refractivity contribution is 6.29. The van der Waals surface area contributed by atoms with Crippen molar-refractivity contribution >= 4 is 11.6 Å². The van der Waals surface area contributed by atoms with Gasteiger partial charge in [-0.2, -0.15) is 0 Å². The van der Waals surface area contributed by atoms with Crippen molar-refractivity contribution in [2.75, 3.05) is 6.61 Å². The Hall–Kier alpha value is -0.640. The number of aromatic nitrogens is 1. The van der Waals surface area contributed by atoms with Crippen molar-refractivity contribution in [2.45, 2.75) is 6.42 Å². The lowest BCUT2D eigenvalue weighted by molar-refractivity contribution is 0.140. The van der Waals surface area contributed by atoms with Crippen molar-refractivity contribution in [3.05, 3.63) is 29.0 Å². The fourth-order valence-corrected chi connectivity index (χ4v) is 0.934. The number of hydrogen-bond donors (Lipinski definition) is 1. The van der Waals surface area contributed by atoms with Crippen LogP contribution in [0.3, 0.4) is 0 Å². The number of nitrogens with zero attached hydrogens (tertiary/aromatic N) is 1. The summed E-state index contributed by atoms with van der Waals surface area (Å²) >= 11 is 5.64. The van der Waals surface area contributed by atoms with Crippen LogP contribution < -0.4 is 5.90 Å².